The molecule has 0 fully saturated rings. The van der Waals surface area contributed by atoms with Crippen molar-refractivity contribution in [2.75, 3.05) is 17.3 Å². The van der Waals surface area contributed by atoms with E-state index in [0.717, 1.165) is 11.8 Å². The van der Waals surface area contributed by atoms with Crippen LogP contribution in [0.4, 0.5) is 5.69 Å². The largest absolute Gasteiger partial charge is 0.340 e. The van der Waals surface area contributed by atoms with Crippen molar-refractivity contribution in [1.29, 1.82) is 0 Å². The van der Waals surface area contributed by atoms with Crippen LogP contribution < -0.4 is 10.6 Å². The normalized spacial score (nSPS) is 12.3. The molecule has 0 saturated carbocycles. The fourth-order valence-corrected chi connectivity index (χ4v) is 3.48. The van der Waals surface area contributed by atoms with Crippen LogP contribution in [0.25, 0.3) is 0 Å². The van der Waals surface area contributed by atoms with Gasteiger partial charge in [0.25, 0.3) is 5.91 Å². The Hall–Kier alpha value is -2.19. The zero-order valence-electron chi connectivity index (χ0n) is 15.0. The number of sulfone groups is 1. The first-order chi connectivity index (χ1) is 12.7. The lowest BCUT2D eigenvalue weighted by Gasteiger charge is -2.19. The molecule has 0 radical (unpaired) electrons. The van der Waals surface area contributed by atoms with Gasteiger partial charge in [0, 0.05) is 16.4 Å². The summed E-state index contributed by atoms with van der Waals surface area (Å²) in [6, 6.07) is 13.0. The van der Waals surface area contributed by atoms with Gasteiger partial charge in [-0.2, -0.15) is 0 Å². The Morgan fingerprint density at radius 1 is 1.07 bits per heavy atom. The van der Waals surface area contributed by atoms with Gasteiger partial charge in [-0.15, -0.1) is 0 Å². The van der Waals surface area contributed by atoms with Gasteiger partial charge in [-0.1, -0.05) is 29.8 Å². The fourth-order valence-electron chi connectivity index (χ4n) is 2.35. The molecule has 8 heteroatoms. The minimum atomic E-state index is -3.28. The predicted molar refractivity (Wildman–Crippen MR) is 110 cm³/mol. The first-order valence-corrected chi connectivity index (χ1v) is 11.1. The molecule has 0 spiro atoms. The Morgan fingerprint density at radius 3 is 2.30 bits per heavy atom. The van der Waals surface area contributed by atoms with Crippen molar-refractivity contribution in [2.45, 2.75) is 19.4 Å². The summed E-state index contributed by atoms with van der Waals surface area (Å²) < 4.78 is 23.6. The monoisotopic (exact) mass is 452 g/mol. The highest BCUT2D eigenvalue weighted by Gasteiger charge is 2.24. The molecular weight excluding hydrogens is 432 g/mol. The fraction of sp³-hybridized carbons (Fsp3) is 0.263. The first kappa shape index (κ1) is 21.1. The second-order valence-corrected chi connectivity index (χ2v) is 9.39. The van der Waals surface area contributed by atoms with Crippen LogP contribution in [-0.2, 0) is 14.6 Å². The second kappa shape index (κ2) is 9.14. The van der Waals surface area contributed by atoms with E-state index in [2.05, 4.69) is 26.6 Å². The highest BCUT2D eigenvalue weighted by Crippen LogP contribution is 2.16. The summed E-state index contributed by atoms with van der Waals surface area (Å²) in [7, 11) is -3.28. The summed E-state index contributed by atoms with van der Waals surface area (Å²) in [6.07, 6.45) is 1.07. The van der Waals surface area contributed by atoms with Crippen molar-refractivity contribution in [2.24, 2.45) is 0 Å². The number of nitrogens with one attached hydrogen (secondary N) is 2. The van der Waals surface area contributed by atoms with Crippen LogP contribution in [0.2, 0.25) is 0 Å². The topological polar surface area (TPSA) is 92.3 Å². The zero-order valence-corrected chi connectivity index (χ0v) is 17.4. The minimum absolute atomic E-state index is 0.0211. The number of amides is 2. The van der Waals surface area contributed by atoms with E-state index in [4.69, 9.17) is 0 Å². The van der Waals surface area contributed by atoms with Gasteiger partial charge in [-0.05, 0) is 53.5 Å². The van der Waals surface area contributed by atoms with Gasteiger partial charge in [-0.3, -0.25) is 9.59 Å². The van der Waals surface area contributed by atoms with E-state index in [1.165, 1.54) is 0 Å². The van der Waals surface area contributed by atoms with Crippen LogP contribution in [0.1, 0.15) is 22.3 Å². The molecule has 0 saturated heterocycles. The summed E-state index contributed by atoms with van der Waals surface area (Å²) in [5, 5.41) is 5.35. The first-order valence-electron chi connectivity index (χ1n) is 8.26. The molecule has 0 aliphatic rings. The standard InChI is InChI=1S/C19H21BrN2O4S/c1-13-7-9-14(10-8-13)21-19(24)17(11-12-27(2,25)26)22-18(23)15-5-3-4-6-16(15)20/h3-10,17H,11-12H2,1-2H3,(H,21,24)(H,22,23). The zero-order chi connectivity index (χ0) is 20.0. The molecule has 1 unspecified atom stereocenters. The van der Waals surface area contributed by atoms with Crippen LogP contribution in [0.3, 0.4) is 0 Å². The summed E-state index contributed by atoms with van der Waals surface area (Å²) in [4.78, 5) is 25.2. The maximum atomic E-state index is 12.6. The number of carbonyl (C=O) groups excluding carboxylic acids is 2. The molecule has 0 aromatic heterocycles. The lowest BCUT2D eigenvalue weighted by Crippen LogP contribution is -2.44. The Labute approximate surface area is 167 Å². The molecule has 2 rings (SSSR count). The molecule has 0 aliphatic carbocycles. The highest BCUT2D eigenvalue weighted by molar-refractivity contribution is 9.10. The molecule has 2 aromatic rings. The van der Waals surface area contributed by atoms with Crippen LogP contribution in [-0.4, -0.2) is 38.3 Å². The minimum Gasteiger partial charge on any atom is -0.340 e. The number of anilines is 1. The number of hydrogen-bond acceptors (Lipinski definition) is 4. The van der Waals surface area contributed by atoms with Gasteiger partial charge >= 0.3 is 0 Å². The number of carbonyl (C=O) groups is 2. The molecule has 0 aliphatic heterocycles. The van der Waals surface area contributed by atoms with E-state index in [-0.39, 0.29) is 12.2 Å². The Morgan fingerprint density at radius 2 is 1.70 bits per heavy atom. The van der Waals surface area contributed by atoms with E-state index in [9.17, 15) is 18.0 Å². The van der Waals surface area contributed by atoms with Gasteiger partial charge in [0.05, 0.1) is 11.3 Å². The summed E-state index contributed by atoms with van der Waals surface area (Å²) >= 11 is 3.30. The van der Waals surface area contributed by atoms with Crippen LogP contribution in [0, 0.1) is 6.92 Å². The molecule has 27 heavy (non-hydrogen) atoms. The smallest absolute Gasteiger partial charge is 0.253 e. The number of benzene rings is 2. The van der Waals surface area contributed by atoms with Gasteiger partial charge in [0.1, 0.15) is 15.9 Å². The Bertz CT molecular complexity index is 927. The van der Waals surface area contributed by atoms with E-state index in [1.54, 1.807) is 36.4 Å². The van der Waals surface area contributed by atoms with Gasteiger partial charge in [-0.25, -0.2) is 8.42 Å². The Balaban J connectivity index is 2.16. The maximum Gasteiger partial charge on any atom is 0.253 e. The number of rotatable bonds is 7. The Kier molecular flexibility index (Phi) is 7.15. The molecule has 1 atom stereocenters. The van der Waals surface area contributed by atoms with Gasteiger partial charge in [0.15, 0.2) is 0 Å². The molecule has 0 bridgehead atoms. The van der Waals surface area contributed by atoms with Gasteiger partial charge in [0.2, 0.25) is 5.91 Å². The third-order valence-corrected chi connectivity index (χ3v) is 5.51. The number of aryl methyl sites for hydroxylation is 1. The van der Waals surface area contributed by atoms with Crippen molar-refractivity contribution in [3.05, 3.63) is 64.1 Å². The van der Waals surface area contributed by atoms with E-state index in [1.807, 2.05) is 19.1 Å². The summed E-state index contributed by atoms with van der Waals surface area (Å²) in [5.41, 5.74) is 1.99. The average Bonchev–Trinajstić information content (AvgIpc) is 2.60. The molecule has 144 valence electrons. The average molecular weight is 453 g/mol. The van der Waals surface area contributed by atoms with E-state index in [0.29, 0.717) is 15.7 Å². The maximum absolute atomic E-state index is 12.6. The third kappa shape index (κ3) is 6.80. The van der Waals surface area contributed by atoms with E-state index < -0.39 is 27.7 Å². The number of hydrogen-bond donors (Lipinski definition) is 2. The van der Waals surface area contributed by atoms with Crippen molar-refractivity contribution in [3.63, 3.8) is 0 Å². The predicted octanol–water partition coefficient (Wildman–Crippen LogP) is 2.93. The van der Waals surface area contributed by atoms with Crippen LogP contribution in [0.5, 0.6) is 0 Å². The molecule has 2 aromatic carbocycles. The van der Waals surface area contributed by atoms with Crippen molar-refractivity contribution in [1.82, 2.24) is 5.32 Å². The molecule has 2 N–H and O–H groups in total. The molecule has 0 heterocycles. The van der Waals surface area contributed by atoms with E-state index >= 15 is 0 Å². The van der Waals surface area contributed by atoms with Crippen molar-refractivity contribution < 1.29 is 18.0 Å². The summed E-state index contributed by atoms with van der Waals surface area (Å²) in [5.74, 6) is -1.14. The lowest BCUT2D eigenvalue weighted by molar-refractivity contribution is -0.118. The van der Waals surface area contributed by atoms with Crippen LogP contribution in [0.15, 0.2) is 53.0 Å². The van der Waals surface area contributed by atoms with Crippen LogP contribution >= 0.6 is 15.9 Å². The van der Waals surface area contributed by atoms with Crippen molar-refractivity contribution in [3.8, 4) is 0 Å². The molecule has 6 nitrogen and oxygen atoms in total. The SMILES string of the molecule is Cc1ccc(NC(=O)C(CCS(C)(=O)=O)NC(=O)c2ccccc2Br)cc1. The number of halogens is 1. The summed E-state index contributed by atoms with van der Waals surface area (Å²) in [6.45, 7) is 1.93. The quantitative estimate of drug-likeness (QED) is 0.675. The highest BCUT2D eigenvalue weighted by atomic mass is 79.9. The second-order valence-electron chi connectivity index (χ2n) is 6.28. The lowest BCUT2D eigenvalue weighted by atomic mass is 10.1. The molecular formula is C19H21BrN2O4S. The van der Waals surface area contributed by atoms with Crippen molar-refractivity contribution >= 4 is 43.3 Å². The third-order valence-electron chi connectivity index (χ3n) is 3.84. The van der Waals surface area contributed by atoms with Gasteiger partial charge < -0.3 is 10.6 Å². The molecule has 2 amide bonds.